The van der Waals surface area contributed by atoms with E-state index in [1.54, 1.807) is 47.5 Å². The summed E-state index contributed by atoms with van der Waals surface area (Å²) < 4.78 is 56.2. The smallest absolute Gasteiger partial charge is 0.453 e. The summed E-state index contributed by atoms with van der Waals surface area (Å²) in [5.41, 5.74) is 1.18. The average molecular weight is 909 g/mol. The first-order chi connectivity index (χ1) is 30.4. The number of likely N-dealkylation sites (tertiary alicyclic amines) is 1. The van der Waals surface area contributed by atoms with Gasteiger partial charge in [-0.3, -0.25) is 14.4 Å². The summed E-state index contributed by atoms with van der Waals surface area (Å²) in [5, 5.41) is 5.30. The first-order valence-corrected chi connectivity index (χ1v) is 21.6. The van der Waals surface area contributed by atoms with Gasteiger partial charge in [0.2, 0.25) is 11.8 Å². The van der Waals surface area contributed by atoms with Gasteiger partial charge in [-0.25, -0.2) is 14.8 Å². The van der Waals surface area contributed by atoms with Crippen LogP contribution in [0.2, 0.25) is 5.02 Å². The minimum atomic E-state index is -5.08. The largest absolute Gasteiger partial charge is 0.573 e. The van der Waals surface area contributed by atoms with Crippen LogP contribution >= 0.6 is 11.6 Å². The third kappa shape index (κ3) is 10.7. The van der Waals surface area contributed by atoms with Crippen molar-refractivity contribution in [1.82, 2.24) is 30.1 Å². The van der Waals surface area contributed by atoms with Crippen LogP contribution in [0.3, 0.4) is 0 Å². The summed E-state index contributed by atoms with van der Waals surface area (Å²) in [4.78, 5) is 70.6. The number of halogens is 4. The van der Waals surface area contributed by atoms with Gasteiger partial charge in [0.25, 0.3) is 5.91 Å². The first-order valence-electron chi connectivity index (χ1n) is 21.2. The lowest BCUT2D eigenvalue weighted by molar-refractivity contribution is -0.274. The SMILES string of the molecule is COC(=O)NC(C(=O)N1CC(C)CC1c1ncc(-c2ccc(-c3cc(Cl)c(C(=O)Nc4ccc(N5CCN(C(=O)C(C)(C)C)CC5)nc4)cc3OC(F)(F)F)cc2)[nH]1)C1CCOCC1. The van der Waals surface area contributed by atoms with Crippen molar-refractivity contribution in [2.45, 2.75) is 65.4 Å². The zero-order valence-corrected chi connectivity index (χ0v) is 37.0. The fourth-order valence-corrected chi connectivity index (χ4v) is 8.70. The minimum Gasteiger partial charge on any atom is -0.453 e. The molecule has 2 aromatic heterocycles. The van der Waals surface area contributed by atoms with Crippen LogP contribution in [0.1, 0.15) is 69.2 Å². The number of hydrogen-bond donors (Lipinski definition) is 3. The second kappa shape index (κ2) is 19.1. The van der Waals surface area contributed by atoms with E-state index in [1.807, 2.05) is 37.5 Å². The number of ether oxygens (including phenoxy) is 3. The molecule has 3 aliphatic heterocycles. The van der Waals surface area contributed by atoms with Crippen molar-refractivity contribution >= 4 is 46.9 Å². The summed E-state index contributed by atoms with van der Waals surface area (Å²) in [7, 11) is 1.25. The van der Waals surface area contributed by atoms with Gasteiger partial charge in [0.05, 0.1) is 47.5 Å². The predicted molar refractivity (Wildman–Crippen MR) is 233 cm³/mol. The Balaban J connectivity index is 1.05. The number of H-pyrrole nitrogens is 1. The number of nitrogens with zero attached hydrogens (tertiary/aromatic N) is 5. The Labute approximate surface area is 374 Å². The van der Waals surface area contributed by atoms with Crippen LogP contribution in [0.4, 0.5) is 29.5 Å². The molecule has 7 rings (SSSR count). The topological polar surface area (TPSA) is 171 Å². The number of aromatic nitrogens is 3. The molecule has 0 aliphatic carbocycles. The van der Waals surface area contributed by atoms with Crippen molar-refractivity contribution in [2.75, 3.05) is 63.3 Å². The molecule has 0 bridgehead atoms. The maximum absolute atomic E-state index is 14.1. The Morgan fingerprint density at radius 3 is 2.25 bits per heavy atom. The van der Waals surface area contributed by atoms with Crippen molar-refractivity contribution in [3.05, 3.63) is 77.3 Å². The van der Waals surface area contributed by atoms with Crippen molar-refractivity contribution in [2.24, 2.45) is 17.3 Å². The highest BCUT2D eigenvalue weighted by Crippen LogP contribution is 2.40. The number of alkyl halides is 3. The van der Waals surface area contributed by atoms with Gasteiger partial charge in [-0.1, -0.05) is 63.6 Å². The zero-order chi connectivity index (χ0) is 45.9. The number of anilines is 2. The van der Waals surface area contributed by atoms with E-state index in [0.29, 0.717) is 99.4 Å². The van der Waals surface area contributed by atoms with Gasteiger partial charge in [0.1, 0.15) is 23.4 Å². The number of methoxy groups -OCH3 is 1. The number of piperazine rings is 1. The minimum absolute atomic E-state index is 0.000199. The highest BCUT2D eigenvalue weighted by molar-refractivity contribution is 6.35. The van der Waals surface area contributed by atoms with Gasteiger partial charge < -0.3 is 44.5 Å². The zero-order valence-electron chi connectivity index (χ0n) is 36.3. The van der Waals surface area contributed by atoms with Crippen molar-refractivity contribution in [3.8, 4) is 28.1 Å². The molecule has 0 spiro atoms. The van der Waals surface area contributed by atoms with Crippen LogP contribution in [-0.4, -0.2) is 114 Å². The molecule has 5 heterocycles. The molecule has 64 heavy (non-hydrogen) atoms. The number of pyridine rings is 1. The third-order valence-electron chi connectivity index (χ3n) is 11.8. The first kappa shape index (κ1) is 46.1. The molecule has 15 nitrogen and oxygen atoms in total. The van der Waals surface area contributed by atoms with Gasteiger partial charge in [-0.15, -0.1) is 13.2 Å². The molecule has 4 amide bonds. The molecule has 3 unspecified atom stereocenters. The van der Waals surface area contributed by atoms with E-state index in [1.165, 1.54) is 19.4 Å². The number of benzene rings is 2. The lowest BCUT2D eigenvalue weighted by Gasteiger charge is -2.38. The van der Waals surface area contributed by atoms with Crippen molar-refractivity contribution in [1.29, 1.82) is 0 Å². The number of rotatable bonds is 10. The number of imidazole rings is 1. The number of aromatic amines is 1. The quantitative estimate of drug-likeness (QED) is 0.143. The molecular formula is C45H52ClF3N8O7. The number of amides is 4. The molecule has 19 heteroatoms. The molecule has 3 fully saturated rings. The lowest BCUT2D eigenvalue weighted by Crippen LogP contribution is -2.53. The molecule has 3 atom stereocenters. The van der Waals surface area contributed by atoms with Gasteiger partial charge in [0.15, 0.2) is 0 Å². The maximum Gasteiger partial charge on any atom is 0.573 e. The van der Waals surface area contributed by atoms with Crippen LogP contribution in [-0.2, 0) is 19.1 Å². The van der Waals surface area contributed by atoms with E-state index in [2.05, 4.69) is 30.3 Å². The van der Waals surface area contributed by atoms with Crippen LogP contribution in [0.15, 0.2) is 60.9 Å². The van der Waals surface area contributed by atoms with E-state index in [9.17, 15) is 32.3 Å². The molecular weight excluding hydrogens is 857 g/mol. The highest BCUT2D eigenvalue weighted by Gasteiger charge is 2.42. The van der Waals surface area contributed by atoms with Gasteiger partial charge in [-0.2, -0.15) is 0 Å². The Kier molecular flexibility index (Phi) is 13.7. The average Bonchev–Trinajstić information content (AvgIpc) is 3.92. The Hall–Kier alpha value is -5.88. The summed E-state index contributed by atoms with van der Waals surface area (Å²) in [6, 6.07) is 11.0. The van der Waals surface area contributed by atoms with E-state index in [4.69, 9.17) is 21.1 Å². The predicted octanol–water partition coefficient (Wildman–Crippen LogP) is 7.70. The third-order valence-corrected chi connectivity index (χ3v) is 12.1. The van der Waals surface area contributed by atoms with E-state index < -0.39 is 41.6 Å². The Morgan fingerprint density at radius 2 is 1.62 bits per heavy atom. The molecule has 3 N–H and O–H groups in total. The van der Waals surface area contributed by atoms with Crippen LogP contribution < -0.4 is 20.3 Å². The monoisotopic (exact) mass is 908 g/mol. The molecule has 3 saturated heterocycles. The number of alkyl carbamates (subject to hydrolysis) is 1. The summed E-state index contributed by atoms with van der Waals surface area (Å²) in [5.74, 6) is -0.308. The van der Waals surface area contributed by atoms with Gasteiger partial charge >= 0.3 is 12.5 Å². The van der Waals surface area contributed by atoms with Crippen LogP contribution in [0, 0.1) is 17.3 Å². The number of carbonyl (C=O) groups excluding carboxylic acids is 4. The summed E-state index contributed by atoms with van der Waals surface area (Å²) >= 11 is 6.58. The highest BCUT2D eigenvalue weighted by atomic mass is 35.5. The fraction of sp³-hybridized carbons (Fsp3) is 0.467. The second-order valence-electron chi connectivity index (χ2n) is 17.4. The normalized spacial score (nSPS) is 19.0. The summed E-state index contributed by atoms with van der Waals surface area (Å²) in [6.45, 7) is 11.4. The lowest BCUT2D eigenvalue weighted by atomic mass is 9.90. The molecule has 2 aromatic carbocycles. The van der Waals surface area contributed by atoms with Crippen molar-refractivity contribution in [3.63, 3.8) is 0 Å². The number of carbonyl (C=O) groups is 4. The van der Waals surface area contributed by atoms with Gasteiger partial charge in [-0.05, 0) is 66.5 Å². The molecule has 3 aliphatic rings. The molecule has 342 valence electrons. The van der Waals surface area contributed by atoms with Crippen LogP contribution in [0.25, 0.3) is 22.4 Å². The molecule has 0 saturated carbocycles. The van der Waals surface area contributed by atoms with Crippen molar-refractivity contribution < 1.29 is 46.6 Å². The Bertz CT molecular complexity index is 2320. The van der Waals surface area contributed by atoms with E-state index >= 15 is 0 Å². The maximum atomic E-state index is 14.1. The number of hydrogen-bond acceptors (Lipinski definition) is 10. The number of nitrogens with one attached hydrogen (secondary N) is 3. The molecule has 4 aromatic rings. The standard InChI is InChI=1S/C45H52ClF3N8O7/c1-26-20-35(57(25-26)41(59)38(54-43(61)62-5)29-12-18-63-19-13-29)39-51-24-34(53-39)28-8-6-27(7-9-28)31-21-33(46)32(22-36(31)64-45(47,48)49)40(58)52-30-10-11-37(50-23-30)55-14-16-56(17-15-55)42(60)44(2,3)4/h6-11,21-24,26,29,35,38H,12-20,25H2,1-5H3,(H,51,53)(H,52,58)(H,54,61). The van der Waals surface area contributed by atoms with Crippen LogP contribution in [0.5, 0.6) is 5.75 Å². The fourth-order valence-electron chi connectivity index (χ4n) is 8.45. The molecule has 0 radical (unpaired) electrons. The van der Waals surface area contributed by atoms with Gasteiger partial charge in [0, 0.05) is 56.9 Å². The van der Waals surface area contributed by atoms with E-state index in [-0.39, 0.29) is 39.8 Å². The summed E-state index contributed by atoms with van der Waals surface area (Å²) in [6.07, 6.45) is -0.838. The van der Waals surface area contributed by atoms with E-state index in [0.717, 1.165) is 6.07 Å². The Morgan fingerprint density at radius 1 is 0.938 bits per heavy atom. The second-order valence-corrected chi connectivity index (χ2v) is 17.8.